The van der Waals surface area contributed by atoms with E-state index in [1.807, 2.05) is 6.33 Å². The molecule has 1 aromatic rings. The first-order valence-electron chi connectivity index (χ1n) is 7.32. The van der Waals surface area contributed by atoms with E-state index >= 15 is 0 Å². The molecule has 1 fully saturated rings. The summed E-state index contributed by atoms with van der Waals surface area (Å²) in [6.45, 7) is 2.29. The van der Waals surface area contributed by atoms with Crippen LogP contribution in [0.5, 0.6) is 0 Å². The third-order valence-corrected chi connectivity index (χ3v) is 4.24. The highest BCUT2D eigenvalue weighted by molar-refractivity contribution is 5.07. The number of nitrogens with one attached hydrogen (secondary N) is 1. The maximum Gasteiger partial charge on any atom is 0.0948 e. The van der Waals surface area contributed by atoms with Gasteiger partial charge in [0, 0.05) is 18.8 Å². The molecule has 3 heteroatoms. The van der Waals surface area contributed by atoms with Gasteiger partial charge >= 0.3 is 0 Å². The maximum absolute atomic E-state index is 4.37. The molecule has 3 rings (SSSR count). The highest BCUT2D eigenvalue weighted by Crippen LogP contribution is 2.25. The Balaban J connectivity index is 1.68. The zero-order valence-corrected chi connectivity index (χ0v) is 11.0. The quantitative estimate of drug-likeness (QED) is 0.829. The molecule has 0 aromatic carbocycles. The molecule has 3 nitrogen and oxygen atoms in total. The Morgan fingerprint density at radius 1 is 1.28 bits per heavy atom. The standard InChI is InChI=1S/C15H23N3/c1-2-6-13(7-3-1)11-18-12-16-10-15(18)14-8-4-5-9-17-14/h1-2,10,12-14,17H,3-9,11H2. The molecule has 0 spiro atoms. The van der Waals surface area contributed by atoms with Crippen molar-refractivity contribution in [3.8, 4) is 0 Å². The van der Waals surface area contributed by atoms with Crippen molar-refractivity contribution in [1.29, 1.82) is 0 Å². The summed E-state index contributed by atoms with van der Waals surface area (Å²) in [7, 11) is 0. The van der Waals surface area contributed by atoms with Gasteiger partial charge in [-0.05, 0) is 44.6 Å². The van der Waals surface area contributed by atoms with Crippen LogP contribution in [0.25, 0.3) is 0 Å². The number of piperidine rings is 1. The van der Waals surface area contributed by atoms with E-state index in [9.17, 15) is 0 Å². The summed E-state index contributed by atoms with van der Waals surface area (Å²) in [6.07, 6.45) is 16.4. The molecule has 1 aliphatic heterocycles. The van der Waals surface area contributed by atoms with E-state index in [4.69, 9.17) is 0 Å². The van der Waals surface area contributed by atoms with E-state index in [1.54, 1.807) is 0 Å². The van der Waals surface area contributed by atoms with Crippen LogP contribution in [0.15, 0.2) is 24.7 Å². The van der Waals surface area contributed by atoms with Gasteiger partial charge < -0.3 is 9.88 Å². The van der Waals surface area contributed by atoms with Gasteiger partial charge in [-0.2, -0.15) is 0 Å². The molecule has 0 radical (unpaired) electrons. The fraction of sp³-hybridized carbons (Fsp3) is 0.667. The van der Waals surface area contributed by atoms with E-state index in [2.05, 4.69) is 33.2 Å². The average Bonchev–Trinajstić information content (AvgIpc) is 2.89. The van der Waals surface area contributed by atoms with E-state index < -0.39 is 0 Å². The molecule has 2 atom stereocenters. The van der Waals surface area contributed by atoms with Crippen molar-refractivity contribution in [2.45, 2.75) is 51.1 Å². The minimum Gasteiger partial charge on any atom is -0.333 e. The number of rotatable bonds is 3. The zero-order chi connectivity index (χ0) is 12.2. The third kappa shape index (κ3) is 2.66. The average molecular weight is 245 g/mol. The smallest absolute Gasteiger partial charge is 0.0948 e. The summed E-state index contributed by atoms with van der Waals surface area (Å²) in [5, 5.41) is 3.62. The molecule has 98 valence electrons. The van der Waals surface area contributed by atoms with Crippen LogP contribution in [0.2, 0.25) is 0 Å². The molecule has 18 heavy (non-hydrogen) atoms. The maximum atomic E-state index is 4.37. The van der Waals surface area contributed by atoms with Gasteiger partial charge in [0.15, 0.2) is 0 Å². The SMILES string of the molecule is C1=CCC(Cn2cncc2C2CCCCN2)CC1. The molecule has 0 amide bonds. The normalized spacial score (nSPS) is 28.4. The van der Waals surface area contributed by atoms with E-state index in [0.29, 0.717) is 6.04 Å². The Kier molecular flexibility index (Phi) is 3.79. The molecule has 1 aliphatic carbocycles. The zero-order valence-electron chi connectivity index (χ0n) is 11.0. The fourth-order valence-electron chi connectivity index (χ4n) is 3.18. The second kappa shape index (κ2) is 5.70. The molecule has 1 N–H and O–H groups in total. The van der Waals surface area contributed by atoms with Crippen LogP contribution in [0.3, 0.4) is 0 Å². The van der Waals surface area contributed by atoms with Gasteiger partial charge in [0.1, 0.15) is 0 Å². The van der Waals surface area contributed by atoms with Crippen LogP contribution in [-0.2, 0) is 6.54 Å². The summed E-state index contributed by atoms with van der Waals surface area (Å²) in [6, 6.07) is 0.528. The van der Waals surface area contributed by atoms with Crippen LogP contribution < -0.4 is 5.32 Å². The van der Waals surface area contributed by atoms with Gasteiger partial charge in [-0.1, -0.05) is 18.6 Å². The van der Waals surface area contributed by atoms with Crippen LogP contribution in [0.1, 0.15) is 50.3 Å². The summed E-state index contributed by atoms with van der Waals surface area (Å²) in [5.74, 6) is 0.798. The number of hydrogen-bond acceptors (Lipinski definition) is 2. The number of aromatic nitrogens is 2. The Bertz CT molecular complexity index is 402. The molecule has 1 saturated heterocycles. The number of hydrogen-bond donors (Lipinski definition) is 1. The second-order valence-corrected chi connectivity index (χ2v) is 5.62. The molecular weight excluding hydrogens is 222 g/mol. The van der Waals surface area contributed by atoms with Gasteiger partial charge in [0.05, 0.1) is 12.0 Å². The molecule has 2 heterocycles. The van der Waals surface area contributed by atoms with Crippen molar-refractivity contribution < 1.29 is 0 Å². The fourth-order valence-corrected chi connectivity index (χ4v) is 3.18. The molecule has 0 bridgehead atoms. The molecule has 0 saturated carbocycles. The van der Waals surface area contributed by atoms with Crippen molar-refractivity contribution in [3.05, 3.63) is 30.4 Å². The molecule has 2 aliphatic rings. The summed E-state index contributed by atoms with van der Waals surface area (Å²) in [4.78, 5) is 4.37. The van der Waals surface area contributed by atoms with E-state index in [0.717, 1.165) is 19.0 Å². The highest BCUT2D eigenvalue weighted by Gasteiger charge is 2.20. The summed E-state index contributed by atoms with van der Waals surface area (Å²) in [5.41, 5.74) is 1.39. The summed E-state index contributed by atoms with van der Waals surface area (Å²) >= 11 is 0. The summed E-state index contributed by atoms with van der Waals surface area (Å²) < 4.78 is 2.38. The minimum absolute atomic E-state index is 0.528. The van der Waals surface area contributed by atoms with Crippen LogP contribution in [-0.4, -0.2) is 16.1 Å². The Morgan fingerprint density at radius 3 is 3.06 bits per heavy atom. The lowest BCUT2D eigenvalue weighted by atomic mass is 9.94. The Morgan fingerprint density at radius 2 is 2.28 bits per heavy atom. The third-order valence-electron chi connectivity index (χ3n) is 4.24. The highest BCUT2D eigenvalue weighted by atomic mass is 15.1. The van der Waals surface area contributed by atoms with Crippen molar-refractivity contribution in [3.63, 3.8) is 0 Å². The lowest BCUT2D eigenvalue weighted by Crippen LogP contribution is -2.29. The second-order valence-electron chi connectivity index (χ2n) is 5.62. The minimum atomic E-state index is 0.528. The predicted molar refractivity (Wildman–Crippen MR) is 73.3 cm³/mol. The van der Waals surface area contributed by atoms with Crippen molar-refractivity contribution in [2.75, 3.05) is 6.54 Å². The Labute approximate surface area is 109 Å². The predicted octanol–water partition coefficient (Wildman–Crippen LogP) is 3.05. The largest absolute Gasteiger partial charge is 0.333 e. The van der Waals surface area contributed by atoms with Gasteiger partial charge in [-0.3, -0.25) is 0 Å². The van der Waals surface area contributed by atoms with Crippen molar-refractivity contribution in [1.82, 2.24) is 14.9 Å². The molecule has 2 unspecified atom stereocenters. The number of imidazole rings is 1. The van der Waals surface area contributed by atoms with Gasteiger partial charge in [0.2, 0.25) is 0 Å². The van der Waals surface area contributed by atoms with Gasteiger partial charge in [-0.25, -0.2) is 4.98 Å². The molecular formula is C15H23N3. The van der Waals surface area contributed by atoms with Crippen LogP contribution in [0, 0.1) is 5.92 Å². The van der Waals surface area contributed by atoms with Gasteiger partial charge in [0.25, 0.3) is 0 Å². The first-order chi connectivity index (χ1) is 8.93. The van der Waals surface area contributed by atoms with Crippen molar-refractivity contribution in [2.24, 2.45) is 5.92 Å². The monoisotopic (exact) mass is 245 g/mol. The van der Waals surface area contributed by atoms with Gasteiger partial charge in [-0.15, -0.1) is 0 Å². The van der Waals surface area contributed by atoms with Crippen LogP contribution in [0.4, 0.5) is 0 Å². The number of allylic oxidation sites excluding steroid dienone is 2. The molecule has 1 aromatic heterocycles. The topological polar surface area (TPSA) is 29.9 Å². The first kappa shape index (κ1) is 12.0. The van der Waals surface area contributed by atoms with E-state index in [-0.39, 0.29) is 0 Å². The van der Waals surface area contributed by atoms with Crippen molar-refractivity contribution >= 4 is 0 Å². The number of nitrogens with zero attached hydrogens (tertiary/aromatic N) is 2. The lowest BCUT2D eigenvalue weighted by Gasteiger charge is -2.26. The first-order valence-corrected chi connectivity index (χ1v) is 7.32. The van der Waals surface area contributed by atoms with E-state index in [1.165, 1.54) is 44.2 Å². The lowest BCUT2D eigenvalue weighted by molar-refractivity contribution is 0.363. The Hall–Kier alpha value is -1.09. The van der Waals surface area contributed by atoms with Crippen LogP contribution >= 0.6 is 0 Å².